The van der Waals surface area contributed by atoms with Gasteiger partial charge in [-0.2, -0.15) is 0 Å². The molecule has 15 heavy (non-hydrogen) atoms. The van der Waals surface area contributed by atoms with Crippen LogP contribution in [0.4, 0.5) is 0 Å². The van der Waals surface area contributed by atoms with Crippen molar-refractivity contribution in [3.63, 3.8) is 0 Å². The van der Waals surface area contributed by atoms with Crippen molar-refractivity contribution in [1.82, 2.24) is 5.32 Å². The first-order valence-corrected chi connectivity index (χ1v) is 5.11. The van der Waals surface area contributed by atoms with E-state index in [1.54, 1.807) is 0 Å². The Morgan fingerprint density at radius 2 is 2.00 bits per heavy atom. The molecule has 0 aliphatic carbocycles. The summed E-state index contributed by atoms with van der Waals surface area (Å²) in [6.45, 7) is 3.71. The molecule has 0 spiro atoms. The zero-order valence-corrected chi connectivity index (χ0v) is 8.99. The van der Waals surface area contributed by atoms with Gasteiger partial charge in [-0.15, -0.1) is 0 Å². The van der Waals surface area contributed by atoms with Crippen molar-refractivity contribution in [1.29, 1.82) is 0 Å². The molecular formula is C12H15NO2. The summed E-state index contributed by atoms with van der Waals surface area (Å²) in [5.41, 5.74) is 0.589. The molecule has 0 bridgehead atoms. The van der Waals surface area contributed by atoms with Crippen LogP contribution in [-0.2, 0) is 16.0 Å². The molecule has 3 heteroatoms. The molecule has 1 fully saturated rings. The summed E-state index contributed by atoms with van der Waals surface area (Å²) in [6.07, 6.45) is 0.276. The molecule has 1 N–H and O–H groups in total. The molecular weight excluding hydrogens is 190 g/mol. The molecule has 80 valence electrons. The molecule has 1 saturated heterocycles. The maximum atomic E-state index is 11.6. The predicted molar refractivity (Wildman–Crippen MR) is 57.2 cm³/mol. The van der Waals surface area contributed by atoms with E-state index in [-0.39, 0.29) is 12.0 Å². The highest BCUT2D eigenvalue weighted by molar-refractivity contribution is 5.83. The summed E-state index contributed by atoms with van der Waals surface area (Å²) in [5, 5.41) is 2.80. The summed E-state index contributed by atoms with van der Waals surface area (Å²) >= 11 is 0. The quantitative estimate of drug-likeness (QED) is 0.794. The monoisotopic (exact) mass is 205 g/mol. The van der Waals surface area contributed by atoms with Crippen molar-refractivity contribution < 1.29 is 9.53 Å². The van der Waals surface area contributed by atoms with Crippen LogP contribution in [0.3, 0.4) is 0 Å². The minimum Gasteiger partial charge on any atom is -0.343 e. The van der Waals surface area contributed by atoms with E-state index in [2.05, 4.69) is 5.32 Å². The topological polar surface area (TPSA) is 38.3 Å². The van der Waals surface area contributed by atoms with E-state index in [9.17, 15) is 4.79 Å². The minimum atomic E-state index is -0.531. The molecule has 1 atom stereocenters. The Morgan fingerprint density at radius 3 is 2.53 bits per heavy atom. The van der Waals surface area contributed by atoms with Gasteiger partial charge in [0.15, 0.2) is 0 Å². The van der Waals surface area contributed by atoms with E-state index in [0.717, 1.165) is 5.56 Å². The van der Waals surface area contributed by atoms with Crippen LogP contribution in [0.15, 0.2) is 30.3 Å². The van der Waals surface area contributed by atoms with Crippen LogP contribution in [0.25, 0.3) is 0 Å². The summed E-state index contributed by atoms with van der Waals surface area (Å²) in [7, 11) is 0. The number of hydrogen-bond acceptors (Lipinski definition) is 2. The zero-order chi connectivity index (χ0) is 10.9. The van der Waals surface area contributed by atoms with Crippen molar-refractivity contribution in [2.24, 2.45) is 0 Å². The Hall–Kier alpha value is -1.35. The van der Waals surface area contributed by atoms with E-state index in [4.69, 9.17) is 4.74 Å². The summed E-state index contributed by atoms with van der Waals surface area (Å²) in [4.78, 5) is 11.6. The Balaban J connectivity index is 2.05. The third-order valence-electron chi connectivity index (χ3n) is 2.42. The third-order valence-corrected chi connectivity index (χ3v) is 2.42. The first kappa shape index (κ1) is 10.2. The number of amides is 1. The zero-order valence-electron chi connectivity index (χ0n) is 8.99. The lowest BCUT2D eigenvalue weighted by molar-refractivity contribution is -0.123. The maximum Gasteiger partial charge on any atom is 0.251 e. The van der Waals surface area contributed by atoms with Gasteiger partial charge in [-0.1, -0.05) is 30.3 Å². The van der Waals surface area contributed by atoms with Crippen molar-refractivity contribution in [2.75, 3.05) is 0 Å². The highest BCUT2D eigenvalue weighted by Gasteiger charge is 2.37. The lowest BCUT2D eigenvalue weighted by atomic mass is 10.1. The molecule has 0 saturated carbocycles. The highest BCUT2D eigenvalue weighted by Crippen LogP contribution is 2.19. The van der Waals surface area contributed by atoms with E-state index >= 15 is 0 Å². The van der Waals surface area contributed by atoms with E-state index < -0.39 is 5.72 Å². The van der Waals surface area contributed by atoms with Crippen molar-refractivity contribution in [3.05, 3.63) is 35.9 Å². The number of carbonyl (C=O) groups excluding carboxylic acids is 1. The Morgan fingerprint density at radius 1 is 1.33 bits per heavy atom. The lowest BCUT2D eigenvalue weighted by Gasteiger charge is -2.17. The molecule has 0 unspecified atom stereocenters. The van der Waals surface area contributed by atoms with E-state index in [1.807, 2.05) is 44.2 Å². The fourth-order valence-electron chi connectivity index (χ4n) is 1.78. The normalized spacial score (nSPS) is 23.9. The molecule has 3 nitrogen and oxygen atoms in total. The summed E-state index contributed by atoms with van der Waals surface area (Å²) in [5.74, 6) is -0.0242. The van der Waals surface area contributed by atoms with Gasteiger partial charge in [0.2, 0.25) is 0 Å². The van der Waals surface area contributed by atoms with Gasteiger partial charge in [0.25, 0.3) is 5.91 Å². The second-order valence-electron chi connectivity index (χ2n) is 4.30. The molecule has 0 radical (unpaired) electrons. The number of nitrogens with one attached hydrogen (secondary N) is 1. The van der Waals surface area contributed by atoms with Gasteiger partial charge in [0.05, 0.1) is 0 Å². The molecule has 1 aliphatic rings. The fraction of sp³-hybridized carbons (Fsp3) is 0.417. The van der Waals surface area contributed by atoms with Crippen LogP contribution in [0, 0.1) is 0 Å². The van der Waals surface area contributed by atoms with Crippen LogP contribution < -0.4 is 5.32 Å². The SMILES string of the molecule is CC1(C)NC(=O)[C@H](Cc2ccccc2)O1. The van der Waals surface area contributed by atoms with Gasteiger partial charge in [-0.25, -0.2) is 0 Å². The van der Waals surface area contributed by atoms with Gasteiger partial charge in [-0.05, 0) is 19.4 Å². The number of benzene rings is 1. The van der Waals surface area contributed by atoms with E-state index in [1.165, 1.54) is 0 Å². The molecule has 1 aromatic carbocycles. The average Bonchev–Trinajstić information content (AvgIpc) is 2.41. The highest BCUT2D eigenvalue weighted by atomic mass is 16.5. The number of hydrogen-bond donors (Lipinski definition) is 1. The first-order valence-electron chi connectivity index (χ1n) is 5.11. The smallest absolute Gasteiger partial charge is 0.251 e. The van der Waals surface area contributed by atoms with Gasteiger partial charge >= 0.3 is 0 Å². The van der Waals surface area contributed by atoms with Gasteiger partial charge in [0, 0.05) is 6.42 Å². The molecule has 2 rings (SSSR count). The number of rotatable bonds is 2. The van der Waals surface area contributed by atoms with Crippen LogP contribution in [0.5, 0.6) is 0 Å². The number of ether oxygens (including phenoxy) is 1. The number of carbonyl (C=O) groups is 1. The van der Waals surface area contributed by atoms with Crippen molar-refractivity contribution >= 4 is 5.91 Å². The second-order valence-corrected chi connectivity index (χ2v) is 4.30. The third kappa shape index (κ3) is 2.36. The minimum absolute atomic E-state index is 0.0242. The van der Waals surface area contributed by atoms with Gasteiger partial charge < -0.3 is 10.1 Å². The molecule has 0 aromatic heterocycles. The van der Waals surface area contributed by atoms with E-state index in [0.29, 0.717) is 6.42 Å². The van der Waals surface area contributed by atoms with Crippen LogP contribution in [-0.4, -0.2) is 17.7 Å². The molecule has 1 aromatic rings. The fourth-order valence-corrected chi connectivity index (χ4v) is 1.78. The molecule has 1 amide bonds. The van der Waals surface area contributed by atoms with Crippen LogP contribution >= 0.6 is 0 Å². The molecule has 1 heterocycles. The summed E-state index contributed by atoms with van der Waals surface area (Å²) < 4.78 is 5.60. The van der Waals surface area contributed by atoms with Crippen LogP contribution in [0.2, 0.25) is 0 Å². The van der Waals surface area contributed by atoms with Crippen LogP contribution in [0.1, 0.15) is 19.4 Å². The maximum absolute atomic E-state index is 11.6. The second kappa shape index (κ2) is 3.66. The Bertz CT molecular complexity index is 359. The molecule has 1 aliphatic heterocycles. The summed E-state index contributed by atoms with van der Waals surface area (Å²) in [6, 6.07) is 9.90. The van der Waals surface area contributed by atoms with Gasteiger partial charge in [0.1, 0.15) is 11.8 Å². The predicted octanol–water partition coefficient (Wildman–Crippen LogP) is 1.48. The van der Waals surface area contributed by atoms with Crippen molar-refractivity contribution in [2.45, 2.75) is 32.1 Å². The largest absolute Gasteiger partial charge is 0.343 e. The average molecular weight is 205 g/mol. The Labute approximate surface area is 89.4 Å². The lowest BCUT2D eigenvalue weighted by Crippen LogP contribution is -2.35. The van der Waals surface area contributed by atoms with Gasteiger partial charge in [-0.3, -0.25) is 4.79 Å². The van der Waals surface area contributed by atoms with Crippen molar-refractivity contribution in [3.8, 4) is 0 Å². The Kier molecular flexibility index (Phi) is 2.49. The first-order chi connectivity index (χ1) is 7.07. The standard InChI is InChI=1S/C12H15NO2/c1-12(2)13-11(14)10(15-12)8-9-6-4-3-5-7-9/h3-7,10H,8H2,1-2H3,(H,13,14)/t10-/m0/s1.